The Balaban J connectivity index is 1.59. The summed E-state index contributed by atoms with van der Waals surface area (Å²) in [5.74, 6) is -0.156. The summed E-state index contributed by atoms with van der Waals surface area (Å²) in [6, 6.07) is 8.22. The maximum Gasteiger partial charge on any atom is 0.259 e. The minimum atomic E-state index is -0.156. The number of benzene rings is 1. The van der Waals surface area contributed by atoms with Crippen LogP contribution in [0.15, 0.2) is 30.5 Å². The molecule has 116 valence electrons. The molecule has 2 aromatic rings. The summed E-state index contributed by atoms with van der Waals surface area (Å²) >= 11 is 0. The molecule has 6 heteroatoms. The lowest BCUT2D eigenvalue weighted by molar-refractivity contribution is 0.0904. The molecule has 1 amide bonds. The van der Waals surface area contributed by atoms with Gasteiger partial charge in [-0.25, -0.2) is 0 Å². The molecule has 0 radical (unpaired) electrons. The Morgan fingerprint density at radius 2 is 1.91 bits per heavy atom. The molecule has 3 N–H and O–H groups in total. The van der Waals surface area contributed by atoms with Gasteiger partial charge in [0.25, 0.3) is 5.91 Å². The average Bonchev–Trinajstić information content (AvgIpc) is 2.96. The molecule has 6 nitrogen and oxygen atoms in total. The summed E-state index contributed by atoms with van der Waals surface area (Å²) in [6.07, 6.45) is 3.59. The Morgan fingerprint density at radius 1 is 1.23 bits per heavy atom. The molecule has 1 saturated heterocycles. The smallest absolute Gasteiger partial charge is 0.259 e. The number of rotatable bonds is 4. The van der Waals surface area contributed by atoms with Gasteiger partial charge < -0.3 is 15.4 Å². The topological polar surface area (TPSA) is 79.0 Å². The van der Waals surface area contributed by atoms with Crippen molar-refractivity contribution in [1.82, 2.24) is 10.2 Å². The number of hydrogen-bond donors (Lipinski definition) is 3. The number of aromatic amines is 1. The lowest BCUT2D eigenvalue weighted by Gasteiger charge is -2.24. The van der Waals surface area contributed by atoms with Crippen molar-refractivity contribution in [2.45, 2.75) is 25.8 Å². The molecule has 0 bridgehead atoms. The molecule has 1 aliphatic rings. The first-order valence-electron chi connectivity index (χ1n) is 7.48. The van der Waals surface area contributed by atoms with Crippen LogP contribution in [0.5, 0.6) is 0 Å². The fraction of sp³-hybridized carbons (Fsp3) is 0.375. The van der Waals surface area contributed by atoms with Crippen LogP contribution in [0.4, 0.5) is 11.4 Å². The highest BCUT2D eigenvalue weighted by Crippen LogP contribution is 2.18. The fourth-order valence-electron chi connectivity index (χ4n) is 2.51. The van der Waals surface area contributed by atoms with Gasteiger partial charge in [0.2, 0.25) is 0 Å². The van der Waals surface area contributed by atoms with Crippen molar-refractivity contribution in [3.8, 4) is 0 Å². The van der Waals surface area contributed by atoms with Crippen LogP contribution < -0.4 is 10.6 Å². The van der Waals surface area contributed by atoms with E-state index < -0.39 is 0 Å². The Morgan fingerprint density at radius 3 is 2.55 bits per heavy atom. The summed E-state index contributed by atoms with van der Waals surface area (Å²) in [5, 5.41) is 13.0. The maximum atomic E-state index is 12.1. The van der Waals surface area contributed by atoms with Crippen LogP contribution in [0.2, 0.25) is 0 Å². The predicted molar refractivity (Wildman–Crippen MR) is 85.2 cm³/mol. The summed E-state index contributed by atoms with van der Waals surface area (Å²) in [5.41, 5.74) is 3.15. The Bertz CT molecular complexity index is 630. The van der Waals surface area contributed by atoms with E-state index in [1.165, 1.54) is 6.20 Å². The molecule has 0 unspecified atom stereocenters. The number of aryl methyl sites for hydroxylation is 1. The molecular weight excluding hydrogens is 280 g/mol. The van der Waals surface area contributed by atoms with Crippen LogP contribution >= 0.6 is 0 Å². The number of hydrogen-bond acceptors (Lipinski definition) is 4. The van der Waals surface area contributed by atoms with E-state index in [2.05, 4.69) is 20.8 Å². The Kier molecular flexibility index (Phi) is 4.39. The van der Waals surface area contributed by atoms with Gasteiger partial charge in [-0.05, 0) is 44.0 Å². The number of anilines is 2. The van der Waals surface area contributed by atoms with E-state index >= 15 is 0 Å². The van der Waals surface area contributed by atoms with Crippen molar-refractivity contribution in [3.63, 3.8) is 0 Å². The van der Waals surface area contributed by atoms with E-state index in [0.29, 0.717) is 11.6 Å². The first-order chi connectivity index (χ1) is 10.7. The van der Waals surface area contributed by atoms with Crippen LogP contribution in [-0.4, -0.2) is 35.4 Å². The quantitative estimate of drug-likeness (QED) is 0.811. The molecule has 0 atom stereocenters. The van der Waals surface area contributed by atoms with Gasteiger partial charge in [0.15, 0.2) is 0 Å². The van der Waals surface area contributed by atoms with Crippen molar-refractivity contribution >= 4 is 17.3 Å². The number of amides is 1. The lowest BCUT2D eigenvalue weighted by Crippen LogP contribution is -2.27. The van der Waals surface area contributed by atoms with Crippen LogP contribution in [0, 0.1) is 6.92 Å². The summed E-state index contributed by atoms with van der Waals surface area (Å²) in [7, 11) is 0. The van der Waals surface area contributed by atoms with E-state index in [-0.39, 0.29) is 5.91 Å². The van der Waals surface area contributed by atoms with Gasteiger partial charge in [0.1, 0.15) is 0 Å². The number of ether oxygens (including phenoxy) is 1. The molecule has 22 heavy (non-hydrogen) atoms. The van der Waals surface area contributed by atoms with E-state index in [0.717, 1.165) is 43.1 Å². The van der Waals surface area contributed by atoms with Gasteiger partial charge in [0, 0.05) is 36.3 Å². The van der Waals surface area contributed by atoms with Gasteiger partial charge in [-0.3, -0.25) is 9.89 Å². The number of aromatic nitrogens is 2. The normalized spacial score (nSPS) is 15.5. The van der Waals surface area contributed by atoms with Crippen molar-refractivity contribution < 1.29 is 9.53 Å². The van der Waals surface area contributed by atoms with E-state index in [4.69, 9.17) is 4.74 Å². The molecule has 1 aromatic heterocycles. The van der Waals surface area contributed by atoms with Crippen LogP contribution in [0.25, 0.3) is 0 Å². The lowest BCUT2D eigenvalue weighted by atomic mass is 10.1. The highest BCUT2D eigenvalue weighted by atomic mass is 16.5. The van der Waals surface area contributed by atoms with Crippen molar-refractivity contribution in [2.24, 2.45) is 0 Å². The number of carbonyl (C=O) groups is 1. The zero-order valence-electron chi connectivity index (χ0n) is 12.6. The third-order valence-corrected chi connectivity index (χ3v) is 3.81. The zero-order chi connectivity index (χ0) is 15.4. The Labute approximate surface area is 129 Å². The Hall–Kier alpha value is -2.34. The molecule has 0 saturated carbocycles. The minimum absolute atomic E-state index is 0.156. The molecule has 3 rings (SSSR count). The van der Waals surface area contributed by atoms with Gasteiger partial charge in [0.05, 0.1) is 11.8 Å². The zero-order valence-corrected chi connectivity index (χ0v) is 12.6. The highest BCUT2D eigenvalue weighted by Gasteiger charge is 2.14. The van der Waals surface area contributed by atoms with Gasteiger partial charge in [-0.1, -0.05) is 0 Å². The molecule has 1 aliphatic heterocycles. The van der Waals surface area contributed by atoms with Crippen molar-refractivity contribution in [3.05, 3.63) is 41.7 Å². The summed E-state index contributed by atoms with van der Waals surface area (Å²) in [6.45, 7) is 3.45. The molecule has 1 aromatic carbocycles. The summed E-state index contributed by atoms with van der Waals surface area (Å²) < 4.78 is 5.35. The standard InChI is InChI=1S/C16H20N4O2/c1-11-15(10-17-20-11)16(21)19-13-4-2-12(3-5-13)18-14-6-8-22-9-7-14/h2-5,10,14,18H,6-9H2,1H3,(H,17,20)(H,19,21). The average molecular weight is 300 g/mol. The second-order valence-corrected chi connectivity index (χ2v) is 5.47. The minimum Gasteiger partial charge on any atom is -0.382 e. The maximum absolute atomic E-state index is 12.1. The van der Waals surface area contributed by atoms with E-state index in [1.807, 2.05) is 31.2 Å². The van der Waals surface area contributed by atoms with E-state index in [1.54, 1.807) is 0 Å². The molecule has 1 fully saturated rings. The van der Waals surface area contributed by atoms with Crippen LogP contribution in [-0.2, 0) is 4.74 Å². The van der Waals surface area contributed by atoms with Gasteiger partial charge in [-0.15, -0.1) is 0 Å². The molecule has 2 heterocycles. The number of nitrogens with one attached hydrogen (secondary N) is 3. The van der Waals surface area contributed by atoms with Crippen molar-refractivity contribution in [1.29, 1.82) is 0 Å². The largest absolute Gasteiger partial charge is 0.382 e. The number of nitrogens with zero attached hydrogens (tertiary/aromatic N) is 1. The fourth-order valence-corrected chi connectivity index (χ4v) is 2.51. The third kappa shape index (κ3) is 3.46. The summed E-state index contributed by atoms with van der Waals surface area (Å²) in [4.78, 5) is 12.1. The second kappa shape index (κ2) is 6.62. The predicted octanol–water partition coefficient (Wildman–Crippen LogP) is 2.56. The van der Waals surface area contributed by atoms with Crippen molar-refractivity contribution in [2.75, 3.05) is 23.8 Å². The first-order valence-corrected chi connectivity index (χ1v) is 7.48. The number of H-pyrrole nitrogens is 1. The SMILES string of the molecule is Cc1[nH]ncc1C(=O)Nc1ccc(NC2CCOCC2)cc1. The third-order valence-electron chi connectivity index (χ3n) is 3.81. The van der Waals surface area contributed by atoms with Crippen LogP contribution in [0.3, 0.4) is 0 Å². The van der Waals surface area contributed by atoms with E-state index in [9.17, 15) is 4.79 Å². The molecule has 0 aliphatic carbocycles. The molecular formula is C16H20N4O2. The van der Waals surface area contributed by atoms with Crippen LogP contribution in [0.1, 0.15) is 28.9 Å². The first kappa shape index (κ1) is 14.6. The second-order valence-electron chi connectivity index (χ2n) is 5.47. The highest BCUT2D eigenvalue weighted by molar-refractivity contribution is 6.04. The molecule has 0 spiro atoms. The monoisotopic (exact) mass is 300 g/mol. The van der Waals surface area contributed by atoms with Gasteiger partial charge >= 0.3 is 0 Å². The number of carbonyl (C=O) groups excluding carboxylic acids is 1. The van der Waals surface area contributed by atoms with Gasteiger partial charge in [-0.2, -0.15) is 5.10 Å².